The molecule has 0 atom stereocenters. The molecular weight excluding hydrogens is 342 g/mol. The summed E-state index contributed by atoms with van der Waals surface area (Å²) in [5.74, 6) is 0. The van der Waals surface area contributed by atoms with Crippen LogP contribution in [0.2, 0.25) is 0 Å². The molecule has 0 amide bonds. The van der Waals surface area contributed by atoms with Crippen LogP contribution in [0.5, 0.6) is 0 Å². The molecule has 1 aliphatic rings. The minimum atomic E-state index is 0.614. The topological polar surface area (TPSA) is 41.2 Å². The van der Waals surface area contributed by atoms with Crippen molar-refractivity contribution in [2.45, 2.75) is 20.4 Å². The van der Waals surface area contributed by atoms with Crippen LogP contribution in [0.4, 0.5) is 0 Å². The second-order valence-corrected chi connectivity index (χ2v) is 8.03. The first-order chi connectivity index (χ1) is 12.6. The van der Waals surface area contributed by atoms with Gasteiger partial charge in [-0.1, -0.05) is 29.8 Å². The van der Waals surface area contributed by atoms with Gasteiger partial charge in [-0.2, -0.15) is 0 Å². The first-order valence-corrected chi connectivity index (χ1v) is 9.99. The van der Waals surface area contributed by atoms with E-state index in [1.807, 2.05) is 12.1 Å². The number of hydrogen-bond acceptors (Lipinski definition) is 4. The average Bonchev–Trinajstić information content (AvgIpc) is 3.18. The highest BCUT2D eigenvalue weighted by molar-refractivity contribution is 7.20. The van der Waals surface area contributed by atoms with Crippen molar-refractivity contribution in [3.05, 3.63) is 58.1 Å². The van der Waals surface area contributed by atoms with Crippen molar-refractivity contribution in [3.63, 3.8) is 0 Å². The number of aryl methyl sites for hydroxylation is 2. The van der Waals surface area contributed by atoms with E-state index in [9.17, 15) is 0 Å². The number of thiophene rings is 1. The van der Waals surface area contributed by atoms with Crippen LogP contribution in [-0.2, 0) is 11.3 Å². The Morgan fingerprint density at radius 2 is 1.81 bits per heavy atom. The van der Waals surface area contributed by atoms with Crippen LogP contribution in [0, 0.1) is 19.3 Å². The SMILES string of the molecule is Cc1ccc(C(=N)c2cc3cc(C)n(CCN4CCOCC4)c3s2)cc1. The monoisotopic (exact) mass is 367 g/mol. The smallest absolute Gasteiger partial charge is 0.103 e. The molecule has 26 heavy (non-hydrogen) atoms. The summed E-state index contributed by atoms with van der Waals surface area (Å²) in [7, 11) is 0. The van der Waals surface area contributed by atoms with E-state index in [1.165, 1.54) is 21.5 Å². The summed E-state index contributed by atoms with van der Waals surface area (Å²) in [5.41, 5.74) is 4.12. The van der Waals surface area contributed by atoms with Crippen LogP contribution < -0.4 is 0 Å². The van der Waals surface area contributed by atoms with E-state index in [2.05, 4.69) is 47.6 Å². The molecule has 5 heteroatoms. The highest BCUT2D eigenvalue weighted by Crippen LogP contribution is 2.30. The molecule has 4 rings (SSSR count). The van der Waals surface area contributed by atoms with Gasteiger partial charge in [-0.3, -0.25) is 10.3 Å². The minimum absolute atomic E-state index is 0.614. The summed E-state index contributed by atoms with van der Waals surface area (Å²) in [6.07, 6.45) is 0. The number of aromatic nitrogens is 1. The lowest BCUT2D eigenvalue weighted by Crippen LogP contribution is -2.38. The summed E-state index contributed by atoms with van der Waals surface area (Å²) in [4.78, 5) is 4.79. The summed E-state index contributed by atoms with van der Waals surface area (Å²) in [6.45, 7) is 10.0. The molecule has 4 nitrogen and oxygen atoms in total. The van der Waals surface area contributed by atoms with E-state index >= 15 is 0 Å². The number of benzene rings is 1. The van der Waals surface area contributed by atoms with Crippen molar-refractivity contribution < 1.29 is 4.74 Å². The van der Waals surface area contributed by atoms with Crippen LogP contribution in [0.1, 0.15) is 21.7 Å². The van der Waals surface area contributed by atoms with Crippen molar-refractivity contribution >= 4 is 27.3 Å². The van der Waals surface area contributed by atoms with E-state index in [4.69, 9.17) is 10.1 Å². The number of rotatable bonds is 5. The second kappa shape index (κ2) is 7.35. The zero-order valence-electron chi connectivity index (χ0n) is 15.4. The zero-order chi connectivity index (χ0) is 18.1. The lowest BCUT2D eigenvalue weighted by atomic mass is 10.1. The van der Waals surface area contributed by atoms with Gasteiger partial charge in [0.1, 0.15) is 4.83 Å². The number of hydrogen-bond donors (Lipinski definition) is 1. The molecule has 3 aromatic rings. The van der Waals surface area contributed by atoms with Gasteiger partial charge in [0.05, 0.1) is 23.8 Å². The molecule has 0 radical (unpaired) electrons. The molecule has 136 valence electrons. The molecule has 1 fully saturated rings. The highest BCUT2D eigenvalue weighted by Gasteiger charge is 2.15. The largest absolute Gasteiger partial charge is 0.379 e. The zero-order valence-corrected chi connectivity index (χ0v) is 16.2. The van der Waals surface area contributed by atoms with Gasteiger partial charge in [-0.25, -0.2) is 0 Å². The molecule has 0 aliphatic carbocycles. The first-order valence-electron chi connectivity index (χ1n) is 9.17. The van der Waals surface area contributed by atoms with Crippen molar-refractivity contribution in [1.82, 2.24) is 9.47 Å². The Morgan fingerprint density at radius 3 is 2.54 bits per heavy atom. The van der Waals surface area contributed by atoms with Crippen LogP contribution in [0.3, 0.4) is 0 Å². The Kier molecular flexibility index (Phi) is 4.94. The van der Waals surface area contributed by atoms with Crippen LogP contribution in [0.15, 0.2) is 36.4 Å². The van der Waals surface area contributed by atoms with Crippen molar-refractivity contribution in [2.75, 3.05) is 32.8 Å². The third kappa shape index (κ3) is 3.47. The molecule has 1 N–H and O–H groups in total. The molecule has 1 aliphatic heterocycles. The number of nitrogens with zero attached hydrogens (tertiary/aromatic N) is 2. The van der Waals surface area contributed by atoms with Crippen molar-refractivity contribution in [1.29, 1.82) is 5.41 Å². The maximum Gasteiger partial charge on any atom is 0.103 e. The summed E-state index contributed by atoms with van der Waals surface area (Å²) >= 11 is 1.73. The summed E-state index contributed by atoms with van der Waals surface area (Å²) in [6, 6.07) is 12.6. The lowest BCUT2D eigenvalue weighted by molar-refractivity contribution is 0.0365. The predicted molar refractivity (Wildman–Crippen MR) is 109 cm³/mol. The van der Waals surface area contributed by atoms with E-state index in [0.29, 0.717) is 5.71 Å². The fraction of sp³-hybridized carbons (Fsp3) is 0.381. The molecule has 3 heterocycles. The molecule has 0 unspecified atom stereocenters. The maximum absolute atomic E-state index is 8.58. The number of nitrogens with one attached hydrogen (secondary N) is 1. The molecule has 1 saturated heterocycles. The molecule has 0 spiro atoms. The molecular formula is C21H25N3OS. The van der Waals surface area contributed by atoms with E-state index in [-0.39, 0.29) is 0 Å². The quantitative estimate of drug-likeness (QED) is 0.691. The fourth-order valence-corrected chi connectivity index (χ4v) is 4.70. The predicted octanol–water partition coefficient (Wildman–Crippen LogP) is 4.07. The Bertz CT molecular complexity index is 917. The Balaban J connectivity index is 1.56. The first kappa shape index (κ1) is 17.5. The highest BCUT2D eigenvalue weighted by atomic mass is 32.1. The van der Waals surface area contributed by atoms with Gasteiger partial charge in [-0.15, -0.1) is 11.3 Å². The maximum atomic E-state index is 8.58. The van der Waals surface area contributed by atoms with Gasteiger partial charge in [0, 0.05) is 42.8 Å². The number of fused-ring (bicyclic) bond motifs is 1. The van der Waals surface area contributed by atoms with Crippen LogP contribution in [0.25, 0.3) is 10.2 Å². The van der Waals surface area contributed by atoms with Crippen LogP contribution >= 0.6 is 11.3 Å². The third-order valence-electron chi connectivity index (χ3n) is 5.11. The van der Waals surface area contributed by atoms with Crippen LogP contribution in [-0.4, -0.2) is 48.0 Å². The normalized spacial score (nSPS) is 15.6. The molecule has 0 saturated carbocycles. The average molecular weight is 368 g/mol. The van der Waals surface area contributed by atoms with Gasteiger partial charge in [0.15, 0.2) is 0 Å². The van der Waals surface area contributed by atoms with Gasteiger partial charge >= 0.3 is 0 Å². The fourth-order valence-electron chi connectivity index (χ4n) is 3.50. The molecule has 1 aromatic carbocycles. The van der Waals surface area contributed by atoms with Crippen molar-refractivity contribution in [3.8, 4) is 0 Å². The summed E-state index contributed by atoms with van der Waals surface area (Å²) in [5, 5.41) is 9.83. The molecule has 2 aromatic heterocycles. The summed E-state index contributed by atoms with van der Waals surface area (Å²) < 4.78 is 7.84. The van der Waals surface area contributed by atoms with Gasteiger partial charge in [-0.05, 0) is 26.0 Å². The Hall–Kier alpha value is -1.95. The van der Waals surface area contributed by atoms with Gasteiger partial charge in [0.2, 0.25) is 0 Å². The van der Waals surface area contributed by atoms with Crippen molar-refractivity contribution in [2.24, 2.45) is 0 Å². The Morgan fingerprint density at radius 1 is 1.08 bits per heavy atom. The van der Waals surface area contributed by atoms with E-state index < -0.39 is 0 Å². The third-order valence-corrected chi connectivity index (χ3v) is 6.30. The number of morpholine rings is 1. The Labute approximate surface area is 158 Å². The van der Waals surface area contributed by atoms with Gasteiger partial charge in [0.25, 0.3) is 0 Å². The molecule has 0 bridgehead atoms. The van der Waals surface area contributed by atoms with Gasteiger partial charge < -0.3 is 9.30 Å². The lowest BCUT2D eigenvalue weighted by Gasteiger charge is -2.26. The second-order valence-electron chi connectivity index (χ2n) is 7.00. The standard InChI is InChI=1S/C21H25N3OS/c1-15-3-5-17(6-4-15)20(22)19-14-18-13-16(2)24(21(18)26-19)8-7-23-9-11-25-12-10-23/h3-6,13-14,22H,7-12H2,1-2H3. The van der Waals surface area contributed by atoms with E-state index in [1.54, 1.807) is 11.3 Å². The van der Waals surface area contributed by atoms with E-state index in [0.717, 1.165) is 49.8 Å². The number of ether oxygens (including phenoxy) is 1. The minimum Gasteiger partial charge on any atom is -0.379 e.